The van der Waals surface area contributed by atoms with Crippen LogP contribution in [0.2, 0.25) is 0 Å². The Morgan fingerprint density at radius 2 is 2.06 bits per heavy atom. The lowest BCUT2D eigenvalue weighted by molar-refractivity contribution is 0.134. The molecule has 0 bridgehead atoms. The Hall–Kier alpha value is -1.09. The molecule has 2 heterocycles. The van der Waals surface area contributed by atoms with E-state index in [9.17, 15) is 0 Å². The van der Waals surface area contributed by atoms with Gasteiger partial charge in [0.25, 0.3) is 0 Å². The molecule has 16 heavy (non-hydrogen) atoms. The number of aromatic nitrogens is 1. The topological polar surface area (TPSA) is 42.2 Å². The number of nitrogens with zero attached hydrogens (tertiary/aromatic N) is 2. The lowest BCUT2D eigenvalue weighted by atomic mass is 9.92. The molecule has 1 aromatic rings. The molecule has 0 saturated carbocycles. The van der Waals surface area contributed by atoms with E-state index >= 15 is 0 Å². The predicted molar refractivity (Wildman–Crippen MR) is 66.9 cm³/mol. The van der Waals surface area contributed by atoms with Gasteiger partial charge >= 0.3 is 0 Å². The van der Waals surface area contributed by atoms with Crippen molar-refractivity contribution in [1.29, 1.82) is 0 Å². The minimum Gasteiger partial charge on any atom is -0.384 e. The van der Waals surface area contributed by atoms with E-state index < -0.39 is 0 Å². The predicted octanol–water partition coefficient (Wildman–Crippen LogP) is 2.14. The zero-order chi connectivity index (χ0) is 11.5. The van der Waals surface area contributed by atoms with Crippen LogP contribution in [0.15, 0.2) is 18.3 Å². The molecule has 0 radical (unpaired) electrons. The highest BCUT2D eigenvalue weighted by atomic mass is 15.1. The lowest BCUT2D eigenvalue weighted by Gasteiger charge is -2.34. The van der Waals surface area contributed by atoms with Gasteiger partial charge in [-0.15, -0.1) is 0 Å². The van der Waals surface area contributed by atoms with Gasteiger partial charge in [-0.2, -0.15) is 0 Å². The van der Waals surface area contributed by atoms with Crippen molar-refractivity contribution in [2.24, 2.45) is 11.8 Å². The lowest BCUT2D eigenvalue weighted by Crippen LogP contribution is -2.38. The van der Waals surface area contributed by atoms with Crippen LogP contribution < -0.4 is 5.73 Å². The Balaban J connectivity index is 1.98. The second-order valence-electron chi connectivity index (χ2n) is 5.23. The average Bonchev–Trinajstić information content (AvgIpc) is 2.15. The van der Waals surface area contributed by atoms with Crippen molar-refractivity contribution in [2.75, 3.05) is 18.8 Å². The van der Waals surface area contributed by atoms with Gasteiger partial charge in [0.05, 0.1) is 0 Å². The van der Waals surface area contributed by atoms with Gasteiger partial charge in [-0.3, -0.25) is 4.90 Å². The van der Waals surface area contributed by atoms with E-state index in [2.05, 4.69) is 29.8 Å². The Morgan fingerprint density at radius 1 is 1.38 bits per heavy atom. The smallest absolute Gasteiger partial charge is 0.123 e. The molecule has 0 aliphatic carbocycles. The number of hydrogen-bond donors (Lipinski definition) is 1. The summed E-state index contributed by atoms with van der Waals surface area (Å²) in [6, 6.07) is 4.03. The van der Waals surface area contributed by atoms with E-state index in [0.717, 1.165) is 18.4 Å². The number of nitrogen functional groups attached to an aromatic ring is 1. The van der Waals surface area contributed by atoms with E-state index in [4.69, 9.17) is 5.73 Å². The molecule has 2 unspecified atom stereocenters. The molecule has 3 nitrogen and oxygen atoms in total. The first-order chi connectivity index (χ1) is 7.63. The van der Waals surface area contributed by atoms with E-state index in [1.54, 1.807) is 6.20 Å². The van der Waals surface area contributed by atoms with Crippen LogP contribution in [-0.2, 0) is 6.54 Å². The highest BCUT2D eigenvalue weighted by Gasteiger charge is 2.21. The van der Waals surface area contributed by atoms with Crippen LogP contribution in [0.1, 0.15) is 25.8 Å². The summed E-state index contributed by atoms with van der Waals surface area (Å²) in [7, 11) is 0. The monoisotopic (exact) mass is 219 g/mol. The van der Waals surface area contributed by atoms with E-state index in [0.29, 0.717) is 5.82 Å². The van der Waals surface area contributed by atoms with Gasteiger partial charge in [0, 0.05) is 25.8 Å². The van der Waals surface area contributed by atoms with Gasteiger partial charge in [0.1, 0.15) is 5.82 Å². The maximum Gasteiger partial charge on any atom is 0.123 e. The summed E-state index contributed by atoms with van der Waals surface area (Å²) in [4.78, 5) is 6.54. The van der Waals surface area contributed by atoms with E-state index in [-0.39, 0.29) is 0 Å². The zero-order valence-electron chi connectivity index (χ0n) is 10.2. The Bertz CT molecular complexity index is 341. The zero-order valence-corrected chi connectivity index (χ0v) is 10.2. The first kappa shape index (κ1) is 11.4. The maximum absolute atomic E-state index is 5.69. The molecule has 2 N–H and O–H groups in total. The molecule has 3 heteroatoms. The van der Waals surface area contributed by atoms with Gasteiger partial charge in [-0.1, -0.05) is 13.8 Å². The summed E-state index contributed by atoms with van der Waals surface area (Å²) >= 11 is 0. The molecule has 1 saturated heterocycles. The quantitative estimate of drug-likeness (QED) is 0.828. The summed E-state index contributed by atoms with van der Waals surface area (Å²) in [5, 5.41) is 0. The number of piperidine rings is 1. The number of nitrogens with two attached hydrogens (primary N) is 1. The molecule has 0 aromatic carbocycles. The number of hydrogen-bond acceptors (Lipinski definition) is 3. The fourth-order valence-electron chi connectivity index (χ4n) is 2.77. The van der Waals surface area contributed by atoms with Crippen LogP contribution in [0.3, 0.4) is 0 Å². The third-order valence-corrected chi connectivity index (χ3v) is 3.20. The molecule has 1 aliphatic heterocycles. The summed E-state index contributed by atoms with van der Waals surface area (Å²) in [6.45, 7) is 8.08. The summed E-state index contributed by atoms with van der Waals surface area (Å²) in [5.41, 5.74) is 6.96. The second-order valence-corrected chi connectivity index (χ2v) is 5.23. The van der Waals surface area contributed by atoms with Crippen molar-refractivity contribution < 1.29 is 0 Å². The summed E-state index contributed by atoms with van der Waals surface area (Å²) in [6.07, 6.45) is 3.15. The van der Waals surface area contributed by atoms with Crippen molar-refractivity contribution in [2.45, 2.75) is 26.8 Å². The molecular formula is C13H21N3. The molecule has 2 rings (SSSR count). The number of likely N-dealkylation sites (tertiary alicyclic amines) is 1. The molecule has 1 aliphatic rings. The summed E-state index contributed by atoms with van der Waals surface area (Å²) in [5.74, 6) is 2.24. The fourth-order valence-corrected chi connectivity index (χ4v) is 2.77. The molecule has 1 aromatic heterocycles. The van der Waals surface area contributed by atoms with Crippen molar-refractivity contribution in [3.8, 4) is 0 Å². The average molecular weight is 219 g/mol. The van der Waals surface area contributed by atoms with E-state index in [1.807, 2.05) is 6.07 Å². The van der Waals surface area contributed by atoms with Crippen molar-refractivity contribution in [3.05, 3.63) is 23.9 Å². The first-order valence-corrected chi connectivity index (χ1v) is 6.06. The third-order valence-electron chi connectivity index (χ3n) is 3.20. The van der Waals surface area contributed by atoms with Crippen molar-refractivity contribution in [3.63, 3.8) is 0 Å². The van der Waals surface area contributed by atoms with Crippen molar-refractivity contribution in [1.82, 2.24) is 9.88 Å². The largest absolute Gasteiger partial charge is 0.384 e. The number of pyridine rings is 1. The Labute approximate surface area is 97.7 Å². The summed E-state index contributed by atoms with van der Waals surface area (Å²) < 4.78 is 0. The van der Waals surface area contributed by atoms with Gasteiger partial charge in [0.2, 0.25) is 0 Å². The molecule has 1 fully saturated rings. The third kappa shape index (κ3) is 2.95. The van der Waals surface area contributed by atoms with E-state index in [1.165, 1.54) is 25.1 Å². The molecule has 0 spiro atoms. The standard InChI is InChI=1S/C13H21N3/c1-10-5-11(2)8-16(7-10)9-12-3-4-15-13(14)6-12/h3-4,6,10-11H,5,7-9H2,1-2H3,(H2,14,15). The van der Waals surface area contributed by atoms with Crippen LogP contribution in [0.25, 0.3) is 0 Å². The minimum atomic E-state index is 0.621. The van der Waals surface area contributed by atoms with Crippen molar-refractivity contribution >= 4 is 5.82 Å². The maximum atomic E-state index is 5.69. The van der Waals surface area contributed by atoms with Gasteiger partial charge in [-0.25, -0.2) is 4.98 Å². The van der Waals surface area contributed by atoms with Crippen LogP contribution in [0.5, 0.6) is 0 Å². The van der Waals surface area contributed by atoms with Crippen LogP contribution in [0.4, 0.5) is 5.82 Å². The normalized spacial score (nSPS) is 26.9. The van der Waals surface area contributed by atoms with Crippen LogP contribution >= 0.6 is 0 Å². The molecule has 88 valence electrons. The molecular weight excluding hydrogens is 198 g/mol. The Kier molecular flexibility index (Phi) is 3.44. The van der Waals surface area contributed by atoms with Gasteiger partial charge in [-0.05, 0) is 36.0 Å². The highest BCUT2D eigenvalue weighted by Crippen LogP contribution is 2.22. The number of rotatable bonds is 2. The minimum absolute atomic E-state index is 0.621. The number of anilines is 1. The Morgan fingerprint density at radius 3 is 2.69 bits per heavy atom. The second kappa shape index (κ2) is 4.83. The van der Waals surface area contributed by atoms with Crippen LogP contribution in [-0.4, -0.2) is 23.0 Å². The fraction of sp³-hybridized carbons (Fsp3) is 0.615. The molecule has 0 amide bonds. The SMILES string of the molecule is CC1CC(C)CN(Cc2ccnc(N)c2)C1. The molecule has 2 atom stereocenters. The van der Waals surface area contributed by atoms with Crippen LogP contribution in [0, 0.1) is 11.8 Å². The van der Waals surface area contributed by atoms with Gasteiger partial charge in [0.15, 0.2) is 0 Å². The highest BCUT2D eigenvalue weighted by molar-refractivity contribution is 5.31. The van der Waals surface area contributed by atoms with Gasteiger partial charge < -0.3 is 5.73 Å². The first-order valence-electron chi connectivity index (χ1n) is 6.06.